The number of piperidine rings is 1. The number of nitrogens with zero attached hydrogens (tertiary/aromatic N) is 5. The minimum atomic E-state index is -0.380. The Morgan fingerprint density at radius 3 is 2.75 bits per heavy atom. The van der Waals surface area contributed by atoms with Crippen LogP contribution in [0.15, 0.2) is 36.9 Å². The summed E-state index contributed by atoms with van der Waals surface area (Å²) in [6.45, 7) is 3.52. The van der Waals surface area contributed by atoms with Gasteiger partial charge in [-0.1, -0.05) is 6.07 Å². The van der Waals surface area contributed by atoms with Gasteiger partial charge in [0.1, 0.15) is 18.0 Å². The molecule has 1 aliphatic heterocycles. The Kier molecular flexibility index (Phi) is 4.85. The molecule has 1 fully saturated rings. The monoisotopic (exact) mass is 380 g/mol. The van der Waals surface area contributed by atoms with Crippen molar-refractivity contribution in [1.29, 1.82) is 0 Å². The average molecular weight is 380 g/mol. The molecule has 4 rings (SSSR count). The fraction of sp³-hybridized carbons (Fsp3) is 0.400. The van der Waals surface area contributed by atoms with Crippen LogP contribution in [-0.4, -0.2) is 48.7 Å². The maximum Gasteiger partial charge on any atom is 0.237 e. The first-order valence-corrected chi connectivity index (χ1v) is 9.51. The van der Waals surface area contributed by atoms with Crippen LogP contribution in [-0.2, 0) is 22.6 Å². The topological polar surface area (TPSA) is 98.5 Å². The van der Waals surface area contributed by atoms with Crippen molar-refractivity contribution in [3.8, 4) is 0 Å². The summed E-state index contributed by atoms with van der Waals surface area (Å²) in [5, 5.41) is 0. The standard InChI is InChI=1S/C20H24N6O2/c1-14-3-2-7-26-16(12-23-19(14)26)11-18(28)24-8-4-15(5-9-24)20-22-6-10-25(20)13-17(21)27/h2-3,6-7,10,12,15H,4-5,8-9,11,13H2,1H3,(H2,21,27). The third-order valence-corrected chi connectivity index (χ3v) is 5.43. The lowest BCUT2D eigenvalue weighted by atomic mass is 9.95. The Morgan fingerprint density at radius 1 is 1.21 bits per heavy atom. The third kappa shape index (κ3) is 3.49. The van der Waals surface area contributed by atoms with E-state index in [2.05, 4.69) is 9.97 Å². The van der Waals surface area contributed by atoms with Gasteiger partial charge >= 0.3 is 0 Å². The Morgan fingerprint density at radius 2 is 2.00 bits per heavy atom. The molecule has 1 saturated heterocycles. The molecule has 0 atom stereocenters. The predicted octanol–water partition coefficient (Wildman–Crippen LogP) is 1.27. The number of rotatable bonds is 5. The highest BCUT2D eigenvalue weighted by atomic mass is 16.2. The number of amides is 2. The van der Waals surface area contributed by atoms with Crippen molar-refractivity contribution in [1.82, 2.24) is 23.8 Å². The lowest BCUT2D eigenvalue weighted by Gasteiger charge is -2.32. The molecule has 2 amide bonds. The second-order valence-corrected chi connectivity index (χ2v) is 7.35. The zero-order valence-electron chi connectivity index (χ0n) is 15.9. The molecular weight excluding hydrogens is 356 g/mol. The van der Waals surface area contributed by atoms with E-state index < -0.39 is 0 Å². The Bertz CT molecular complexity index is 1010. The van der Waals surface area contributed by atoms with Crippen molar-refractivity contribution < 1.29 is 9.59 Å². The zero-order valence-corrected chi connectivity index (χ0v) is 15.9. The van der Waals surface area contributed by atoms with Gasteiger partial charge in [0.05, 0.1) is 12.1 Å². The Hall–Kier alpha value is -3.16. The minimum Gasteiger partial charge on any atom is -0.368 e. The van der Waals surface area contributed by atoms with Crippen molar-refractivity contribution in [3.63, 3.8) is 0 Å². The first-order chi connectivity index (χ1) is 13.5. The summed E-state index contributed by atoms with van der Waals surface area (Å²) in [6, 6.07) is 3.98. The highest BCUT2D eigenvalue weighted by molar-refractivity contribution is 5.78. The molecule has 3 aromatic rings. The van der Waals surface area contributed by atoms with E-state index in [1.165, 1.54) is 0 Å². The Balaban J connectivity index is 1.40. The van der Waals surface area contributed by atoms with Crippen LogP contribution in [0.4, 0.5) is 0 Å². The summed E-state index contributed by atoms with van der Waals surface area (Å²) in [5.41, 5.74) is 8.20. The molecular formula is C20H24N6O2. The lowest BCUT2D eigenvalue weighted by Crippen LogP contribution is -2.39. The van der Waals surface area contributed by atoms with Crippen molar-refractivity contribution in [2.75, 3.05) is 13.1 Å². The van der Waals surface area contributed by atoms with Crippen LogP contribution in [0.2, 0.25) is 0 Å². The van der Waals surface area contributed by atoms with Gasteiger partial charge in [-0.25, -0.2) is 9.97 Å². The molecule has 2 N–H and O–H groups in total. The number of primary amides is 1. The van der Waals surface area contributed by atoms with E-state index in [9.17, 15) is 9.59 Å². The van der Waals surface area contributed by atoms with E-state index in [4.69, 9.17) is 5.73 Å². The van der Waals surface area contributed by atoms with Gasteiger partial charge in [0.15, 0.2) is 0 Å². The number of aromatic nitrogens is 4. The number of aryl methyl sites for hydroxylation is 1. The van der Waals surface area contributed by atoms with Gasteiger partial charge in [0.2, 0.25) is 11.8 Å². The first kappa shape index (κ1) is 18.2. The summed E-state index contributed by atoms with van der Waals surface area (Å²) >= 11 is 0. The summed E-state index contributed by atoms with van der Waals surface area (Å²) in [4.78, 5) is 34.8. The predicted molar refractivity (Wildman–Crippen MR) is 104 cm³/mol. The number of carbonyl (C=O) groups is 2. The molecule has 8 nitrogen and oxygen atoms in total. The molecule has 0 radical (unpaired) electrons. The van der Waals surface area contributed by atoms with Crippen LogP contribution >= 0.6 is 0 Å². The molecule has 0 bridgehead atoms. The highest BCUT2D eigenvalue weighted by Gasteiger charge is 2.27. The van der Waals surface area contributed by atoms with E-state index in [0.717, 1.165) is 35.6 Å². The molecule has 0 unspecified atom stereocenters. The number of hydrogen-bond donors (Lipinski definition) is 1. The largest absolute Gasteiger partial charge is 0.368 e. The molecule has 8 heteroatoms. The maximum absolute atomic E-state index is 12.8. The Labute approximate surface area is 163 Å². The molecule has 3 aromatic heterocycles. The fourth-order valence-corrected chi connectivity index (χ4v) is 3.97. The van der Waals surface area contributed by atoms with Crippen LogP contribution in [0.3, 0.4) is 0 Å². The first-order valence-electron chi connectivity index (χ1n) is 9.51. The minimum absolute atomic E-state index is 0.113. The smallest absolute Gasteiger partial charge is 0.237 e. The van der Waals surface area contributed by atoms with Gasteiger partial charge in [0.25, 0.3) is 0 Å². The highest BCUT2D eigenvalue weighted by Crippen LogP contribution is 2.27. The van der Waals surface area contributed by atoms with Gasteiger partial charge < -0.3 is 19.6 Å². The second-order valence-electron chi connectivity index (χ2n) is 7.35. The summed E-state index contributed by atoms with van der Waals surface area (Å²) in [6.07, 6.45) is 9.20. The third-order valence-electron chi connectivity index (χ3n) is 5.43. The van der Waals surface area contributed by atoms with Gasteiger partial charge in [0, 0.05) is 43.8 Å². The lowest BCUT2D eigenvalue weighted by molar-refractivity contribution is -0.131. The number of pyridine rings is 1. The number of fused-ring (bicyclic) bond motifs is 1. The van der Waals surface area contributed by atoms with E-state index in [1.807, 2.05) is 39.1 Å². The zero-order chi connectivity index (χ0) is 19.7. The quantitative estimate of drug-likeness (QED) is 0.721. The number of nitrogens with two attached hydrogens (primary N) is 1. The molecule has 146 valence electrons. The van der Waals surface area contributed by atoms with Gasteiger partial charge in [-0.05, 0) is 31.4 Å². The van der Waals surface area contributed by atoms with Crippen LogP contribution in [0, 0.1) is 6.92 Å². The summed E-state index contributed by atoms with van der Waals surface area (Å²) in [5.74, 6) is 0.845. The normalized spacial score (nSPS) is 15.2. The summed E-state index contributed by atoms with van der Waals surface area (Å²) < 4.78 is 3.80. The van der Waals surface area contributed by atoms with Gasteiger partial charge in [-0.3, -0.25) is 9.59 Å². The van der Waals surface area contributed by atoms with Crippen molar-refractivity contribution >= 4 is 17.5 Å². The molecule has 0 saturated carbocycles. The molecule has 0 aromatic carbocycles. The fourth-order valence-electron chi connectivity index (χ4n) is 3.97. The number of likely N-dealkylation sites (tertiary alicyclic amines) is 1. The average Bonchev–Trinajstić information content (AvgIpc) is 3.29. The van der Waals surface area contributed by atoms with Crippen LogP contribution in [0.25, 0.3) is 5.65 Å². The van der Waals surface area contributed by atoms with Crippen LogP contribution in [0.1, 0.15) is 35.8 Å². The molecule has 4 heterocycles. The second kappa shape index (κ2) is 7.46. The molecule has 0 spiro atoms. The number of carbonyl (C=O) groups excluding carboxylic acids is 2. The van der Waals surface area contributed by atoms with Gasteiger partial charge in [-0.15, -0.1) is 0 Å². The van der Waals surface area contributed by atoms with E-state index >= 15 is 0 Å². The molecule has 28 heavy (non-hydrogen) atoms. The maximum atomic E-state index is 12.8. The molecule has 0 aliphatic carbocycles. The van der Waals surface area contributed by atoms with E-state index in [-0.39, 0.29) is 24.3 Å². The van der Waals surface area contributed by atoms with Crippen molar-refractivity contribution in [2.45, 2.75) is 38.6 Å². The van der Waals surface area contributed by atoms with Gasteiger partial charge in [-0.2, -0.15) is 0 Å². The number of hydrogen-bond acceptors (Lipinski definition) is 4. The van der Waals surface area contributed by atoms with Crippen LogP contribution in [0.5, 0.6) is 0 Å². The van der Waals surface area contributed by atoms with Crippen LogP contribution < -0.4 is 5.73 Å². The van der Waals surface area contributed by atoms with E-state index in [0.29, 0.717) is 19.5 Å². The summed E-state index contributed by atoms with van der Waals surface area (Å²) in [7, 11) is 0. The van der Waals surface area contributed by atoms with Crippen molar-refractivity contribution in [3.05, 3.63) is 54.0 Å². The van der Waals surface area contributed by atoms with E-state index in [1.54, 1.807) is 18.6 Å². The SMILES string of the molecule is Cc1cccn2c(CC(=O)N3CCC(c4nccn4CC(N)=O)CC3)cnc12. The number of imidazole rings is 2. The van der Waals surface area contributed by atoms with Crippen molar-refractivity contribution in [2.24, 2.45) is 5.73 Å². The molecule has 1 aliphatic rings.